The van der Waals surface area contributed by atoms with Crippen molar-refractivity contribution in [3.05, 3.63) is 89.7 Å². The third-order valence-electron chi connectivity index (χ3n) is 3.77. The third-order valence-corrected chi connectivity index (χ3v) is 5.75. The van der Waals surface area contributed by atoms with E-state index >= 15 is 0 Å². The maximum absolute atomic E-state index is 6.20. The second-order valence-corrected chi connectivity index (χ2v) is 8.77. The van der Waals surface area contributed by atoms with Crippen molar-refractivity contribution in [3.63, 3.8) is 0 Å². The first kappa shape index (κ1) is 20.8. The highest BCUT2D eigenvalue weighted by atomic mass is 79.9. The van der Waals surface area contributed by atoms with Crippen LogP contribution >= 0.6 is 66.7 Å². The maximum Gasteiger partial charge on any atom is 0.148 e. The van der Waals surface area contributed by atoms with E-state index in [1.54, 1.807) is 12.1 Å². The van der Waals surface area contributed by atoms with Gasteiger partial charge in [0.2, 0.25) is 0 Å². The normalized spacial score (nSPS) is 10.7. The Bertz CT molecular complexity index is 925. The number of anilines is 1. The van der Waals surface area contributed by atoms with Crippen molar-refractivity contribution in [2.24, 2.45) is 0 Å². The van der Waals surface area contributed by atoms with Crippen LogP contribution in [0.15, 0.2) is 63.5 Å². The summed E-state index contributed by atoms with van der Waals surface area (Å²) in [5.74, 6) is 0.748. The smallest absolute Gasteiger partial charge is 0.148 e. The molecule has 0 amide bonds. The van der Waals surface area contributed by atoms with Gasteiger partial charge in [0.05, 0.1) is 19.7 Å². The average molecular weight is 551 g/mol. The van der Waals surface area contributed by atoms with Crippen molar-refractivity contribution in [3.8, 4) is 5.75 Å². The van der Waals surface area contributed by atoms with E-state index in [0.717, 1.165) is 31.5 Å². The second kappa shape index (κ2) is 9.53. The predicted octanol–water partition coefficient (Wildman–Crippen LogP) is 8.36. The van der Waals surface area contributed by atoms with Crippen molar-refractivity contribution < 1.29 is 4.74 Å². The van der Waals surface area contributed by atoms with Crippen LogP contribution in [0.1, 0.15) is 11.1 Å². The van der Waals surface area contributed by atoms with Gasteiger partial charge in [0.1, 0.15) is 12.4 Å². The van der Waals surface area contributed by atoms with E-state index in [1.165, 1.54) is 0 Å². The summed E-state index contributed by atoms with van der Waals surface area (Å²) in [6.45, 7) is 1.06. The van der Waals surface area contributed by atoms with Crippen LogP contribution in [0.2, 0.25) is 15.1 Å². The van der Waals surface area contributed by atoms with Crippen molar-refractivity contribution in [2.45, 2.75) is 13.2 Å². The molecule has 0 aliphatic rings. The van der Waals surface area contributed by atoms with Gasteiger partial charge in [0.15, 0.2) is 0 Å². The van der Waals surface area contributed by atoms with Crippen LogP contribution in [0, 0.1) is 0 Å². The summed E-state index contributed by atoms with van der Waals surface area (Å²) in [6, 6.07) is 17.0. The van der Waals surface area contributed by atoms with Gasteiger partial charge >= 0.3 is 0 Å². The topological polar surface area (TPSA) is 21.3 Å². The highest BCUT2D eigenvalue weighted by Gasteiger charge is 2.10. The van der Waals surface area contributed by atoms with Gasteiger partial charge in [0.25, 0.3) is 0 Å². The van der Waals surface area contributed by atoms with Gasteiger partial charge in [-0.25, -0.2) is 0 Å². The van der Waals surface area contributed by atoms with Gasteiger partial charge in [-0.15, -0.1) is 0 Å². The van der Waals surface area contributed by atoms with Crippen LogP contribution in [0.4, 0.5) is 5.69 Å². The first-order valence-corrected chi connectivity index (χ1v) is 10.7. The molecule has 0 aliphatic carbocycles. The lowest BCUT2D eigenvalue weighted by atomic mass is 10.2. The summed E-state index contributed by atoms with van der Waals surface area (Å²) in [5.41, 5.74) is 2.94. The first-order chi connectivity index (χ1) is 12.9. The van der Waals surface area contributed by atoms with E-state index in [-0.39, 0.29) is 0 Å². The molecule has 0 saturated carbocycles. The number of halogens is 5. The molecule has 0 aliphatic heterocycles. The minimum absolute atomic E-state index is 0.451. The molecule has 2 nitrogen and oxygen atoms in total. The van der Waals surface area contributed by atoms with Gasteiger partial charge in [-0.3, -0.25) is 0 Å². The standard InChI is InChI=1S/C20H14Br2Cl3NO/c21-16-7-13(10-26-19-6-5-15(24)9-18(19)25)8-17(22)20(16)27-11-12-1-3-14(23)4-2-12/h1-9,26H,10-11H2. The molecular formula is C20H14Br2Cl3NO. The number of hydrogen-bond donors (Lipinski definition) is 1. The molecule has 0 saturated heterocycles. The van der Waals surface area contributed by atoms with E-state index in [0.29, 0.717) is 28.2 Å². The molecular weight excluding hydrogens is 536 g/mol. The van der Waals surface area contributed by atoms with Crippen LogP contribution in [0.5, 0.6) is 5.75 Å². The number of rotatable bonds is 6. The molecule has 0 radical (unpaired) electrons. The second-order valence-electron chi connectivity index (χ2n) is 5.78. The predicted molar refractivity (Wildman–Crippen MR) is 121 cm³/mol. The minimum Gasteiger partial charge on any atom is -0.487 e. The molecule has 0 aromatic heterocycles. The Morgan fingerprint density at radius 2 is 1.41 bits per heavy atom. The summed E-state index contributed by atoms with van der Waals surface area (Å²) in [4.78, 5) is 0. The van der Waals surface area contributed by atoms with Crippen LogP contribution in [0.3, 0.4) is 0 Å². The minimum atomic E-state index is 0.451. The van der Waals surface area contributed by atoms with E-state index in [9.17, 15) is 0 Å². The maximum atomic E-state index is 6.20. The number of benzene rings is 3. The summed E-state index contributed by atoms with van der Waals surface area (Å²) in [6.07, 6.45) is 0. The van der Waals surface area contributed by atoms with Gasteiger partial charge in [-0.05, 0) is 85.5 Å². The lowest BCUT2D eigenvalue weighted by Crippen LogP contribution is -2.02. The lowest BCUT2D eigenvalue weighted by molar-refractivity contribution is 0.302. The third kappa shape index (κ3) is 5.78. The van der Waals surface area contributed by atoms with Crippen LogP contribution < -0.4 is 10.1 Å². The van der Waals surface area contributed by atoms with Gasteiger partial charge < -0.3 is 10.1 Å². The van der Waals surface area contributed by atoms with Crippen molar-refractivity contribution in [2.75, 3.05) is 5.32 Å². The summed E-state index contributed by atoms with van der Waals surface area (Å²) >= 11 is 25.2. The SMILES string of the molecule is Clc1ccc(COc2c(Br)cc(CNc3ccc(Cl)cc3Cl)cc2Br)cc1. The quantitative estimate of drug-likeness (QED) is 0.333. The molecule has 3 aromatic carbocycles. The molecule has 27 heavy (non-hydrogen) atoms. The summed E-state index contributed by atoms with van der Waals surface area (Å²) in [5, 5.41) is 5.21. The van der Waals surface area contributed by atoms with E-state index in [2.05, 4.69) is 37.2 Å². The fourth-order valence-electron chi connectivity index (χ4n) is 2.42. The van der Waals surface area contributed by atoms with E-state index in [1.807, 2.05) is 42.5 Å². The lowest BCUT2D eigenvalue weighted by Gasteiger charge is -2.14. The molecule has 7 heteroatoms. The molecule has 0 fully saturated rings. The first-order valence-electron chi connectivity index (χ1n) is 7.96. The Hall–Kier alpha value is -0.910. The summed E-state index contributed by atoms with van der Waals surface area (Å²) in [7, 11) is 0. The van der Waals surface area contributed by atoms with Crippen LogP contribution in [-0.4, -0.2) is 0 Å². The number of hydrogen-bond acceptors (Lipinski definition) is 2. The number of ether oxygens (including phenoxy) is 1. The highest BCUT2D eigenvalue weighted by molar-refractivity contribution is 9.11. The monoisotopic (exact) mass is 547 g/mol. The van der Waals surface area contributed by atoms with E-state index < -0.39 is 0 Å². The highest BCUT2D eigenvalue weighted by Crippen LogP contribution is 2.36. The van der Waals surface area contributed by atoms with Gasteiger partial charge in [-0.1, -0.05) is 46.9 Å². The van der Waals surface area contributed by atoms with Crippen molar-refractivity contribution in [1.29, 1.82) is 0 Å². The molecule has 3 rings (SSSR count). The Balaban J connectivity index is 1.67. The molecule has 0 bridgehead atoms. The van der Waals surface area contributed by atoms with Gasteiger partial charge in [-0.2, -0.15) is 0 Å². The zero-order chi connectivity index (χ0) is 19.4. The molecule has 0 atom stereocenters. The van der Waals surface area contributed by atoms with Gasteiger partial charge in [0, 0.05) is 16.6 Å². The fourth-order valence-corrected chi connectivity index (χ4v) is 4.53. The Kier molecular flexibility index (Phi) is 7.35. The van der Waals surface area contributed by atoms with Crippen LogP contribution in [-0.2, 0) is 13.2 Å². The molecule has 0 spiro atoms. The largest absolute Gasteiger partial charge is 0.487 e. The van der Waals surface area contributed by atoms with Crippen LogP contribution in [0.25, 0.3) is 0 Å². The molecule has 0 heterocycles. The Morgan fingerprint density at radius 3 is 2.04 bits per heavy atom. The zero-order valence-corrected chi connectivity index (χ0v) is 19.3. The summed E-state index contributed by atoms with van der Waals surface area (Å²) < 4.78 is 7.68. The molecule has 140 valence electrons. The molecule has 1 N–H and O–H groups in total. The average Bonchev–Trinajstić information content (AvgIpc) is 2.62. The molecule has 0 unspecified atom stereocenters. The van der Waals surface area contributed by atoms with E-state index in [4.69, 9.17) is 39.5 Å². The number of nitrogens with one attached hydrogen (secondary N) is 1. The molecule has 3 aromatic rings. The van der Waals surface area contributed by atoms with Crippen molar-refractivity contribution >= 4 is 72.4 Å². The zero-order valence-electron chi connectivity index (χ0n) is 13.9. The van der Waals surface area contributed by atoms with Crippen molar-refractivity contribution in [1.82, 2.24) is 0 Å². The fraction of sp³-hybridized carbons (Fsp3) is 0.100. The Morgan fingerprint density at radius 1 is 0.778 bits per heavy atom. The Labute approximate surface area is 190 Å².